The van der Waals surface area contributed by atoms with Crippen molar-refractivity contribution in [3.05, 3.63) is 23.0 Å². The highest BCUT2D eigenvalue weighted by atomic mass is 35.5. The number of rotatable bonds is 1. The second-order valence-electron chi connectivity index (χ2n) is 2.84. The van der Waals surface area contributed by atoms with Gasteiger partial charge in [0.2, 0.25) is 11.5 Å². The molecule has 0 aromatic carbocycles. The minimum Gasteiger partial charge on any atom is -0.463 e. The molecule has 0 fully saturated rings. The van der Waals surface area contributed by atoms with Crippen LogP contribution in [0, 0.1) is 0 Å². The zero-order chi connectivity index (χ0) is 11.0. The summed E-state index contributed by atoms with van der Waals surface area (Å²) < 4.78 is 9.64. The molecule has 6 heteroatoms. The van der Waals surface area contributed by atoms with Gasteiger partial charge in [0.15, 0.2) is 0 Å². The zero-order valence-corrected chi connectivity index (χ0v) is 8.54. The Hall–Kier alpha value is -1.75. The van der Waals surface area contributed by atoms with Crippen molar-refractivity contribution in [2.24, 2.45) is 0 Å². The summed E-state index contributed by atoms with van der Waals surface area (Å²) in [5.41, 5.74) is 6.14. The van der Waals surface area contributed by atoms with Crippen LogP contribution >= 0.6 is 11.6 Å². The van der Waals surface area contributed by atoms with Gasteiger partial charge in [-0.05, 0) is 6.07 Å². The molecule has 0 aliphatic heterocycles. The average molecular weight is 227 g/mol. The molecule has 0 saturated heterocycles. The predicted octanol–water partition coefficient (Wildman–Crippen LogP) is 1.85. The minimum absolute atomic E-state index is 0.0535. The van der Waals surface area contributed by atoms with Gasteiger partial charge < -0.3 is 14.9 Å². The first kappa shape index (κ1) is 9.79. The monoisotopic (exact) mass is 226 g/mol. The summed E-state index contributed by atoms with van der Waals surface area (Å²) in [5.74, 6) is -0.691. The van der Waals surface area contributed by atoms with Crippen LogP contribution in [0.15, 0.2) is 16.7 Å². The lowest BCUT2D eigenvalue weighted by atomic mass is 10.3. The van der Waals surface area contributed by atoms with E-state index in [0.29, 0.717) is 10.4 Å². The van der Waals surface area contributed by atoms with Crippen molar-refractivity contribution in [2.75, 3.05) is 12.8 Å². The number of aromatic nitrogens is 1. The molecule has 0 atom stereocenters. The predicted molar refractivity (Wildman–Crippen MR) is 54.8 cm³/mol. The molecule has 0 bridgehead atoms. The molecule has 5 nitrogen and oxygen atoms in total. The fourth-order valence-corrected chi connectivity index (χ4v) is 1.38. The normalized spacial score (nSPS) is 10.5. The van der Waals surface area contributed by atoms with Crippen LogP contribution in [0.4, 0.5) is 5.69 Å². The number of nitrogen functional groups attached to an aromatic ring is 1. The van der Waals surface area contributed by atoms with Gasteiger partial charge in [-0.15, -0.1) is 0 Å². The lowest BCUT2D eigenvalue weighted by molar-refractivity contribution is 0.0569. The number of halogens is 1. The number of anilines is 1. The molecule has 0 radical (unpaired) electrons. The number of esters is 1. The Kier molecular flexibility index (Phi) is 2.24. The maximum atomic E-state index is 11.2. The third kappa shape index (κ3) is 1.50. The van der Waals surface area contributed by atoms with Gasteiger partial charge in [0, 0.05) is 6.20 Å². The third-order valence-electron chi connectivity index (χ3n) is 1.92. The largest absolute Gasteiger partial charge is 0.463 e. The number of carbonyl (C=O) groups excluding carboxylic acids is 1. The van der Waals surface area contributed by atoms with Crippen molar-refractivity contribution in [2.45, 2.75) is 0 Å². The van der Waals surface area contributed by atoms with Crippen molar-refractivity contribution in [1.29, 1.82) is 0 Å². The number of methoxy groups -OCH3 is 1. The van der Waals surface area contributed by atoms with Crippen LogP contribution in [0.5, 0.6) is 0 Å². The number of hydrogen-bond acceptors (Lipinski definition) is 5. The highest BCUT2D eigenvalue weighted by Crippen LogP contribution is 2.29. The lowest BCUT2D eigenvalue weighted by Crippen LogP contribution is -2.02. The summed E-state index contributed by atoms with van der Waals surface area (Å²) in [6, 6.07) is 1.58. The van der Waals surface area contributed by atoms with Crippen molar-refractivity contribution in [3.63, 3.8) is 0 Å². The molecule has 0 aliphatic carbocycles. The number of pyridine rings is 1. The molecular formula is C9H7ClN2O3. The van der Waals surface area contributed by atoms with Crippen LogP contribution in [0.25, 0.3) is 11.1 Å². The summed E-state index contributed by atoms with van der Waals surface area (Å²) in [6.07, 6.45) is 1.41. The maximum absolute atomic E-state index is 11.2. The molecule has 2 aromatic rings. The van der Waals surface area contributed by atoms with E-state index in [9.17, 15) is 4.79 Å². The van der Waals surface area contributed by atoms with Crippen LogP contribution in [0.1, 0.15) is 10.6 Å². The Morgan fingerprint density at radius 3 is 3.07 bits per heavy atom. The van der Waals surface area contributed by atoms with Crippen LogP contribution in [0.2, 0.25) is 5.02 Å². The first-order valence-corrected chi connectivity index (χ1v) is 4.43. The van der Waals surface area contributed by atoms with E-state index in [1.165, 1.54) is 13.3 Å². The van der Waals surface area contributed by atoms with E-state index in [1.54, 1.807) is 6.07 Å². The summed E-state index contributed by atoms with van der Waals surface area (Å²) in [5, 5.41) is 0.925. The number of ether oxygens (including phenoxy) is 1. The van der Waals surface area contributed by atoms with Gasteiger partial charge in [-0.25, -0.2) is 9.78 Å². The van der Waals surface area contributed by atoms with Crippen LogP contribution in [-0.2, 0) is 4.74 Å². The molecule has 15 heavy (non-hydrogen) atoms. The quantitative estimate of drug-likeness (QED) is 0.751. The number of fused-ring (bicyclic) bond motifs is 1. The van der Waals surface area contributed by atoms with E-state index in [4.69, 9.17) is 21.8 Å². The van der Waals surface area contributed by atoms with Gasteiger partial charge >= 0.3 is 5.97 Å². The van der Waals surface area contributed by atoms with E-state index in [-0.39, 0.29) is 17.2 Å². The van der Waals surface area contributed by atoms with E-state index in [0.717, 1.165) is 0 Å². The molecule has 2 aromatic heterocycles. The number of nitrogens with two attached hydrogens (primary N) is 1. The second-order valence-corrected chi connectivity index (χ2v) is 3.28. The van der Waals surface area contributed by atoms with Gasteiger partial charge in [-0.1, -0.05) is 11.6 Å². The smallest absolute Gasteiger partial charge is 0.376 e. The van der Waals surface area contributed by atoms with E-state index in [2.05, 4.69) is 9.72 Å². The van der Waals surface area contributed by atoms with Crippen LogP contribution in [0.3, 0.4) is 0 Å². The molecule has 2 heterocycles. The Bertz CT molecular complexity index is 535. The van der Waals surface area contributed by atoms with Crippen LogP contribution < -0.4 is 5.73 Å². The third-order valence-corrected chi connectivity index (χ3v) is 2.13. The van der Waals surface area contributed by atoms with Crippen molar-refractivity contribution < 1.29 is 13.9 Å². The van der Waals surface area contributed by atoms with E-state index in [1.807, 2.05) is 0 Å². The molecular weight excluding hydrogens is 220 g/mol. The van der Waals surface area contributed by atoms with E-state index >= 15 is 0 Å². The van der Waals surface area contributed by atoms with Crippen molar-refractivity contribution in [3.8, 4) is 0 Å². The van der Waals surface area contributed by atoms with Crippen LogP contribution in [-0.4, -0.2) is 18.1 Å². The Labute approximate surface area is 89.8 Å². The topological polar surface area (TPSA) is 78.3 Å². The van der Waals surface area contributed by atoms with E-state index < -0.39 is 5.97 Å². The Morgan fingerprint density at radius 1 is 1.67 bits per heavy atom. The molecule has 0 unspecified atom stereocenters. The molecule has 2 N–H and O–H groups in total. The number of hydrogen-bond donors (Lipinski definition) is 1. The Balaban J connectivity index is 2.69. The second kappa shape index (κ2) is 3.43. The summed E-state index contributed by atoms with van der Waals surface area (Å²) in [4.78, 5) is 15.1. The summed E-state index contributed by atoms with van der Waals surface area (Å²) in [6.45, 7) is 0. The van der Waals surface area contributed by atoms with Crippen molar-refractivity contribution in [1.82, 2.24) is 4.98 Å². The molecule has 0 saturated carbocycles. The molecule has 0 amide bonds. The molecule has 0 spiro atoms. The first-order valence-electron chi connectivity index (χ1n) is 4.05. The average Bonchev–Trinajstić information content (AvgIpc) is 2.55. The fourth-order valence-electron chi connectivity index (χ4n) is 1.22. The van der Waals surface area contributed by atoms with Gasteiger partial charge in [-0.2, -0.15) is 0 Å². The molecule has 78 valence electrons. The first-order chi connectivity index (χ1) is 7.13. The highest BCUT2D eigenvalue weighted by molar-refractivity contribution is 6.31. The zero-order valence-electron chi connectivity index (χ0n) is 7.78. The molecule has 2 rings (SSSR count). The standard InChI is InChI=1S/C9H7ClN2O3/c1-14-9(13)7-6(11)5-2-4(10)3-12-8(5)15-7/h2-3H,11H2,1H3. The summed E-state index contributed by atoms with van der Waals surface area (Å²) in [7, 11) is 1.25. The van der Waals surface area contributed by atoms with Crippen molar-refractivity contribution >= 4 is 34.4 Å². The number of carbonyl (C=O) groups is 1. The highest BCUT2D eigenvalue weighted by Gasteiger charge is 2.19. The Morgan fingerprint density at radius 2 is 2.40 bits per heavy atom. The SMILES string of the molecule is COC(=O)c1oc2ncc(Cl)cc2c1N. The minimum atomic E-state index is -0.637. The number of furan rings is 1. The fraction of sp³-hybridized carbons (Fsp3) is 0.111. The van der Waals surface area contributed by atoms with Gasteiger partial charge in [0.25, 0.3) is 0 Å². The van der Waals surface area contributed by atoms with Gasteiger partial charge in [0.05, 0.1) is 23.2 Å². The summed E-state index contributed by atoms with van der Waals surface area (Å²) >= 11 is 5.74. The number of nitrogens with zero attached hydrogens (tertiary/aromatic N) is 1. The lowest BCUT2D eigenvalue weighted by Gasteiger charge is -1.93. The molecule has 0 aliphatic rings. The van der Waals surface area contributed by atoms with Gasteiger partial charge in [0.1, 0.15) is 0 Å². The maximum Gasteiger partial charge on any atom is 0.376 e. The van der Waals surface area contributed by atoms with Gasteiger partial charge in [-0.3, -0.25) is 0 Å².